The van der Waals surface area contributed by atoms with E-state index < -0.39 is 12.1 Å². The van der Waals surface area contributed by atoms with Gasteiger partial charge in [-0.05, 0) is 43.5 Å². The molecule has 0 bridgehead atoms. The molecule has 0 saturated heterocycles. The van der Waals surface area contributed by atoms with E-state index in [0.29, 0.717) is 24.2 Å². The van der Waals surface area contributed by atoms with Gasteiger partial charge in [0, 0.05) is 12.0 Å². The molecule has 0 aliphatic rings. The maximum atomic E-state index is 12.2. The normalized spacial score (nSPS) is 11.5. The fourth-order valence-corrected chi connectivity index (χ4v) is 3.26. The number of Topliss-reactive ketones (excluding diaryl/α,β-unsaturated/α-hetero) is 1. The number of rotatable bonds is 17. The molecule has 1 rings (SSSR count). The Hall–Kier alpha value is -0.840. The van der Waals surface area contributed by atoms with Crippen LogP contribution in [0.1, 0.15) is 108 Å². The van der Waals surface area contributed by atoms with Crippen LogP contribution in [0.3, 0.4) is 0 Å². The van der Waals surface area contributed by atoms with E-state index in [1.165, 1.54) is 38.5 Å². The second-order valence-electron chi connectivity index (χ2n) is 7.61. The average molecular weight is 415 g/mol. The van der Waals surface area contributed by atoms with Crippen LogP contribution in [0.2, 0.25) is 0 Å². The summed E-state index contributed by atoms with van der Waals surface area (Å²) in [7, 11) is 0. The van der Waals surface area contributed by atoms with Gasteiger partial charge >= 0.3 is 35.5 Å². The van der Waals surface area contributed by atoms with Crippen LogP contribution in [-0.4, -0.2) is 52.5 Å². The van der Waals surface area contributed by atoms with Crippen LogP contribution in [0.4, 0.5) is 0 Å². The Labute approximate surface area is 199 Å². The topological polar surface area (TPSA) is 63.6 Å². The Kier molecular flexibility index (Phi) is 17.5. The van der Waals surface area contributed by atoms with E-state index in [1.807, 2.05) is 0 Å². The van der Waals surface area contributed by atoms with Crippen molar-refractivity contribution in [1.29, 1.82) is 0 Å². The van der Waals surface area contributed by atoms with E-state index in [-0.39, 0.29) is 35.3 Å². The van der Waals surface area contributed by atoms with Gasteiger partial charge in [-0.25, -0.2) is 4.79 Å². The van der Waals surface area contributed by atoms with Gasteiger partial charge in [-0.2, -0.15) is 0 Å². The molecule has 0 aliphatic carbocycles. The van der Waals surface area contributed by atoms with Crippen molar-refractivity contribution in [3.05, 3.63) is 29.8 Å². The first-order chi connectivity index (χ1) is 13.6. The van der Waals surface area contributed by atoms with Crippen molar-refractivity contribution in [2.45, 2.75) is 103 Å². The summed E-state index contributed by atoms with van der Waals surface area (Å²) in [6.45, 7) is 4.36. The van der Waals surface area contributed by atoms with Crippen LogP contribution >= 0.6 is 0 Å². The number of carboxylic acid groups (broad SMARTS) is 1. The number of ether oxygens (including phenoxy) is 1. The zero-order valence-electron chi connectivity index (χ0n) is 17.8. The minimum absolute atomic E-state index is 0. The molecule has 0 heterocycles. The Balaban J connectivity index is 0.00000784. The number of carbonyl (C=O) groups is 2. The van der Waals surface area contributed by atoms with Crippen LogP contribution < -0.4 is 4.74 Å². The van der Waals surface area contributed by atoms with E-state index >= 15 is 0 Å². The molecule has 0 aromatic heterocycles. The van der Waals surface area contributed by atoms with Crippen LogP contribution in [-0.2, 0) is 4.79 Å². The number of ketones is 1. The SMILES string of the molecule is CCCCCCCC[C@H](Oc1ccc(C(=O)CCCCCCC)cc1)C(=O)O.[NaH]. The molecule has 0 amide bonds. The summed E-state index contributed by atoms with van der Waals surface area (Å²) in [5.74, 6) is -0.274. The van der Waals surface area contributed by atoms with Crippen molar-refractivity contribution in [1.82, 2.24) is 0 Å². The summed E-state index contributed by atoms with van der Waals surface area (Å²) >= 11 is 0. The Morgan fingerprint density at radius 3 is 1.90 bits per heavy atom. The number of benzene rings is 1. The fraction of sp³-hybridized carbons (Fsp3) is 0.667. The second-order valence-corrected chi connectivity index (χ2v) is 7.61. The molecule has 160 valence electrons. The van der Waals surface area contributed by atoms with Crippen molar-refractivity contribution in [2.24, 2.45) is 0 Å². The number of unbranched alkanes of at least 4 members (excludes halogenated alkanes) is 9. The number of hydrogen-bond acceptors (Lipinski definition) is 3. The Morgan fingerprint density at radius 1 is 0.828 bits per heavy atom. The molecule has 0 spiro atoms. The van der Waals surface area contributed by atoms with E-state index in [4.69, 9.17) is 4.74 Å². The van der Waals surface area contributed by atoms with E-state index in [2.05, 4.69) is 13.8 Å². The summed E-state index contributed by atoms with van der Waals surface area (Å²) < 4.78 is 5.65. The van der Waals surface area contributed by atoms with Crippen LogP contribution in [0, 0.1) is 0 Å². The van der Waals surface area contributed by atoms with Gasteiger partial charge in [0.05, 0.1) is 0 Å². The van der Waals surface area contributed by atoms with Gasteiger partial charge in [0.15, 0.2) is 11.9 Å². The predicted molar refractivity (Wildman–Crippen MR) is 121 cm³/mol. The molecule has 1 aromatic rings. The monoisotopic (exact) mass is 414 g/mol. The standard InChI is InChI=1S/C24H38O4.Na.H/c1-3-5-7-9-11-13-15-23(24(26)27)28-21-18-16-20(17-19-21)22(25)14-12-10-8-6-4-2;;/h16-19,23H,3-15H2,1-2H3,(H,26,27);;/t23-;;/m0../s1. The molecular weight excluding hydrogens is 375 g/mol. The van der Waals surface area contributed by atoms with Gasteiger partial charge in [0.2, 0.25) is 0 Å². The number of carboxylic acids is 1. The van der Waals surface area contributed by atoms with Crippen molar-refractivity contribution < 1.29 is 19.4 Å². The van der Waals surface area contributed by atoms with Crippen LogP contribution in [0.25, 0.3) is 0 Å². The Morgan fingerprint density at radius 2 is 1.34 bits per heavy atom. The zero-order chi connectivity index (χ0) is 20.6. The summed E-state index contributed by atoms with van der Waals surface area (Å²) in [5, 5.41) is 9.40. The van der Waals surface area contributed by atoms with Gasteiger partial charge in [-0.15, -0.1) is 0 Å². The minimum atomic E-state index is -0.930. The molecule has 4 nitrogen and oxygen atoms in total. The van der Waals surface area contributed by atoms with Gasteiger partial charge in [0.1, 0.15) is 5.75 Å². The van der Waals surface area contributed by atoms with E-state index in [1.54, 1.807) is 24.3 Å². The number of carbonyl (C=O) groups excluding carboxylic acids is 1. The van der Waals surface area contributed by atoms with E-state index in [0.717, 1.165) is 32.1 Å². The van der Waals surface area contributed by atoms with Crippen molar-refractivity contribution in [3.63, 3.8) is 0 Å². The average Bonchev–Trinajstić information content (AvgIpc) is 2.69. The molecule has 0 fully saturated rings. The summed E-state index contributed by atoms with van der Waals surface area (Å²) in [6.07, 6.45) is 12.6. The van der Waals surface area contributed by atoms with Crippen molar-refractivity contribution in [2.75, 3.05) is 0 Å². The molecule has 0 radical (unpaired) electrons. The van der Waals surface area contributed by atoms with Crippen molar-refractivity contribution >= 4 is 41.3 Å². The summed E-state index contributed by atoms with van der Waals surface area (Å²) in [6, 6.07) is 6.91. The van der Waals surface area contributed by atoms with Crippen molar-refractivity contribution in [3.8, 4) is 5.75 Å². The third kappa shape index (κ3) is 13.1. The molecule has 1 aromatic carbocycles. The van der Waals surface area contributed by atoms with Crippen LogP contribution in [0.15, 0.2) is 24.3 Å². The number of aliphatic carboxylic acids is 1. The quantitative estimate of drug-likeness (QED) is 0.188. The molecule has 29 heavy (non-hydrogen) atoms. The molecule has 5 heteroatoms. The van der Waals surface area contributed by atoms with Gasteiger partial charge in [-0.1, -0.05) is 71.6 Å². The maximum absolute atomic E-state index is 12.2. The van der Waals surface area contributed by atoms with Gasteiger partial charge in [0.25, 0.3) is 0 Å². The molecular formula is C24H39NaO4. The molecule has 1 N–H and O–H groups in total. The first kappa shape index (κ1) is 28.2. The van der Waals surface area contributed by atoms with Gasteiger partial charge < -0.3 is 9.84 Å². The first-order valence-corrected chi connectivity index (χ1v) is 11.1. The third-order valence-electron chi connectivity index (χ3n) is 5.06. The molecule has 0 aliphatic heterocycles. The predicted octanol–water partition coefficient (Wildman–Crippen LogP) is 6.16. The summed E-state index contributed by atoms with van der Waals surface area (Å²) in [5.41, 5.74) is 0.672. The summed E-state index contributed by atoms with van der Waals surface area (Å²) in [4.78, 5) is 23.7. The molecule has 0 saturated carbocycles. The van der Waals surface area contributed by atoms with E-state index in [9.17, 15) is 14.7 Å². The molecule has 1 atom stereocenters. The first-order valence-electron chi connectivity index (χ1n) is 11.1. The van der Waals surface area contributed by atoms with Crippen LogP contribution in [0.5, 0.6) is 5.75 Å². The third-order valence-corrected chi connectivity index (χ3v) is 5.06. The Bertz CT molecular complexity index is 557. The zero-order valence-corrected chi connectivity index (χ0v) is 17.8. The molecule has 0 unspecified atom stereocenters. The number of hydrogen-bond donors (Lipinski definition) is 1. The van der Waals surface area contributed by atoms with Gasteiger partial charge in [-0.3, -0.25) is 4.79 Å². The fourth-order valence-electron chi connectivity index (χ4n) is 3.26. The second kappa shape index (κ2) is 18.0.